The Morgan fingerprint density at radius 2 is 2.33 bits per heavy atom. The average molecular weight is 257 g/mol. The standard InChI is InChI=1S/C9H15N5O4/c10-1-2-18-6-8(15)11-3-7-4-14(13-12-7)5-9(16)17/h4H,1-3,5-6,10H2,(H,11,15)(H,16,17). The van der Waals surface area contributed by atoms with E-state index in [2.05, 4.69) is 15.6 Å². The smallest absolute Gasteiger partial charge is 0.325 e. The van der Waals surface area contributed by atoms with E-state index in [1.165, 1.54) is 10.9 Å². The zero-order valence-electron chi connectivity index (χ0n) is 9.70. The molecule has 0 saturated heterocycles. The number of aromatic nitrogens is 3. The highest BCUT2D eigenvalue weighted by Gasteiger charge is 2.06. The minimum Gasteiger partial charge on any atom is -0.480 e. The molecule has 0 unspecified atom stereocenters. The summed E-state index contributed by atoms with van der Waals surface area (Å²) < 4.78 is 6.11. The number of carbonyl (C=O) groups is 2. The van der Waals surface area contributed by atoms with Crippen molar-refractivity contribution in [1.82, 2.24) is 20.3 Å². The molecular formula is C9H15N5O4. The first-order valence-electron chi connectivity index (χ1n) is 5.27. The zero-order valence-corrected chi connectivity index (χ0v) is 9.70. The van der Waals surface area contributed by atoms with E-state index in [9.17, 15) is 9.59 Å². The van der Waals surface area contributed by atoms with Crippen LogP contribution in [0.4, 0.5) is 0 Å². The molecule has 18 heavy (non-hydrogen) atoms. The second kappa shape index (κ2) is 7.35. The number of nitrogens with zero attached hydrogens (tertiary/aromatic N) is 3. The lowest BCUT2D eigenvalue weighted by atomic mass is 10.4. The fraction of sp³-hybridized carbons (Fsp3) is 0.556. The van der Waals surface area contributed by atoms with E-state index in [0.717, 1.165) is 0 Å². The Kier molecular flexibility index (Phi) is 5.74. The van der Waals surface area contributed by atoms with Gasteiger partial charge in [0.15, 0.2) is 0 Å². The van der Waals surface area contributed by atoms with Gasteiger partial charge < -0.3 is 20.9 Å². The Labute approximate surface area is 103 Å². The van der Waals surface area contributed by atoms with Crippen molar-refractivity contribution < 1.29 is 19.4 Å². The Hall–Kier alpha value is -2.00. The molecule has 0 bridgehead atoms. The third kappa shape index (κ3) is 5.37. The van der Waals surface area contributed by atoms with Gasteiger partial charge in [-0.15, -0.1) is 5.10 Å². The normalized spacial score (nSPS) is 10.3. The number of nitrogens with two attached hydrogens (primary N) is 1. The third-order valence-electron chi connectivity index (χ3n) is 1.85. The van der Waals surface area contributed by atoms with Crippen LogP contribution in [-0.2, 0) is 27.4 Å². The number of aliphatic carboxylic acids is 1. The van der Waals surface area contributed by atoms with Crippen LogP contribution in [0.5, 0.6) is 0 Å². The maximum Gasteiger partial charge on any atom is 0.325 e. The van der Waals surface area contributed by atoms with Gasteiger partial charge in [-0.25, -0.2) is 4.68 Å². The van der Waals surface area contributed by atoms with Gasteiger partial charge in [0.05, 0.1) is 19.3 Å². The lowest BCUT2D eigenvalue weighted by Gasteiger charge is -2.03. The van der Waals surface area contributed by atoms with Crippen molar-refractivity contribution in [2.45, 2.75) is 13.1 Å². The molecule has 0 spiro atoms. The molecule has 0 aliphatic carbocycles. The van der Waals surface area contributed by atoms with Crippen LogP contribution in [0.25, 0.3) is 0 Å². The van der Waals surface area contributed by atoms with Crippen LogP contribution in [0.2, 0.25) is 0 Å². The Balaban J connectivity index is 2.28. The van der Waals surface area contributed by atoms with E-state index < -0.39 is 5.97 Å². The lowest BCUT2D eigenvalue weighted by Crippen LogP contribution is -2.28. The predicted molar refractivity (Wildman–Crippen MR) is 59.4 cm³/mol. The van der Waals surface area contributed by atoms with Crippen molar-refractivity contribution in [3.8, 4) is 0 Å². The number of rotatable bonds is 8. The number of nitrogens with one attached hydrogen (secondary N) is 1. The second-order valence-electron chi connectivity index (χ2n) is 3.42. The van der Waals surface area contributed by atoms with Crippen LogP contribution in [-0.4, -0.2) is 51.7 Å². The molecule has 0 radical (unpaired) electrons. The van der Waals surface area contributed by atoms with E-state index in [-0.39, 0.29) is 25.6 Å². The zero-order chi connectivity index (χ0) is 13.4. The predicted octanol–water partition coefficient (Wildman–Crippen LogP) is -2.05. The van der Waals surface area contributed by atoms with Crippen molar-refractivity contribution in [3.63, 3.8) is 0 Å². The molecule has 100 valence electrons. The Bertz CT molecular complexity index is 405. The van der Waals surface area contributed by atoms with Crippen molar-refractivity contribution in [2.24, 2.45) is 5.73 Å². The van der Waals surface area contributed by atoms with Gasteiger partial charge in [0, 0.05) is 6.54 Å². The van der Waals surface area contributed by atoms with Crippen LogP contribution in [0.3, 0.4) is 0 Å². The fourth-order valence-corrected chi connectivity index (χ4v) is 1.12. The summed E-state index contributed by atoms with van der Waals surface area (Å²) in [5, 5.41) is 18.4. The molecule has 0 fully saturated rings. The molecule has 0 aromatic carbocycles. The Morgan fingerprint density at radius 1 is 1.56 bits per heavy atom. The van der Waals surface area contributed by atoms with Gasteiger partial charge in [-0.3, -0.25) is 9.59 Å². The van der Waals surface area contributed by atoms with Crippen molar-refractivity contribution in [2.75, 3.05) is 19.8 Å². The number of carbonyl (C=O) groups excluding carboxylic acids is 1. The maximum absolute atomic E-state index is 11.2. The first-order chi connectivity index (χ1) is 8.61. The van der Waals surface area contributed by atoms with Crippen LogP contribution >= 0.6 is 0 Å². The van der Waals surface area contributed by atoms with Crippen molar-refractivity contribution in [3.05, 3.63) is 11.9 Å². The summed E-state index contributed by atoms with van der Waals surface area (Å²) in [5.74, 6) is -1.30. The van der Waals surface area contributed by atoms with Crippen LogP contribution in [0.1, 0.15) is 5.69 Å². The SMILES string of the molecule is NCCOCC(=O)NCc1cn(CC(=O)O)nn1. The highest BCUT2D eigenvalue weighted by Crippen LogP contribution is 1.92. The third-order valence-corrected chi connectivity index (χ3v) is 1.85. The lowest BCUT2D eigenvalue weighted by molar-refractivity contribution is -0.138. The van der Waals surface area contributed by atoms with Crippen molar-refractivity contribution in [1.29, 1.82) is 0 Å². The van der Waals surface area contributed by atoms with Crippen LogP contribution in [0, 0.1) is 0 Å². The number of carboxylic acid groups (broad SMARTS) is 1. The van der Waals surface area contributed by atoms with Crippen molar-refractivity contribution >= 4 is 11.9 Å². The summed E-state index contributed by atoms with van der Waals surface area (Å²) in [5.41, 5.74) is 5.67. The molecule has 0 saturated carbocycles. The van der Waals surface area contributed by atoms with Gasteiger partial charge in [-0.05, 0) is 0 Å². The highest BCUT2D eigenvalue weighted by atomic mass is 16.5. The second-order valence-corrected chi connectivity index (χ2v) is 3.42. The topological polar surface area (TPSA) is 132 Å². The fourth-order valence-electron chi connectivity index (χ4n) is 1.12. The van der Waals surface area contributed by atoms with E-state index in [1.54, 1.807) is 0 Å². The summed E-state index contributed by atoms with van der Waals surface area (Å²) in [6.45, 7) is 0.518. The molecule has 1 heterocycles. The maximum atomic E-state index is 11.2. The largest absolute Gasteiger partial charge is 0.480 e. The summed E-state index contributed by atoms with van der Waals surface area (Å²) in [6, 6.07) is 0. The molecule has 1 amide bonds. The Morgan fingerprint density at radius 3 is 3.00 bits per heavy atom. The molecule has 4 N–H and O–H groups in total. The summed E-state index contributed by atoms with van der Waals surface area (Å²) >= 11 is 0. The van der Waals surface area contributed by atoms with E-state index in [0.29, 0.717) is 18.8 Å². The molecule has 0 aliphatic rings. The molecule has 1 aromatic heterocycles. The minimum atomic E-state index is -1.01. The number of hydrogen-bond acceptors (Lipinski definition) is 6. The van der Waals surface area contributed by atoms with Gasteiger partial charge in [0.2, 0.25) is 5.91 Å². The van der Waals surface area contributed by atoms with Gasteiger partial charge in [-0.1, -0.05) is 5.21 Å². The summed E-state index contributed by atoms with van der Waals surface area (Å²) in [7, 11) is 0. The van der Waals surface area contributed by atoms with Crippen LogP contribution < -0.4 is 11.1 Å². The van der Waals surface area contributed by atoms with Gasteiger partial charge in [0.1, 0.15) is 18.8 Å². The van der Waals surface area contributed by atoms with E-state index in [4.69, 9.17) is 15.6 Å². The molecule has 0 aliphatic heterocycles. The van der Waals surface area contributed by atoms with E-state index in [1.807, 2.05) is 0 Å². The number of carboxylic acids is 1. The number of amides is 1. The van der Waals surface area contributed by atoms with Gasteiger partial charge in [0.25, 0.3) is 0 Å². The van der Waals surface area contributed by atoms with Gasteiger partial charge >= 0.3 is 5.97 Å². The van der Waals surface area contributed by atoms with E-state index >= 15 is 0 Å². The molecule has 1 aromatic rings. The molecule has 9 nitrogen and oxygen atoms in total. The molecule has 1 rings (SSSR count). The number of hydrogen-bond donors (Lipinski definition) is 3. The van der Waals surface area contributed by atoms with Gasteiger partial charge in [-0.2, -0.15) is 0 Å². The highest BCUT2D eigenvalue weighted by molar-refractivity contribution is 5.77. The summed E-state index contributed by atoms with van der Waals surface area (Å²) in [6.07, 6.45) is 1.45. The molecule has 0 atom stereocenters. The quantitative estimate of drug-likeness (QED) is 0.457. The number of ether oxygens (including phenoxy) is 1. The minimum absolute atomic E-state index is 0.0690. The average Bonchev–Trinajstić information content (AvgIpc) is 2.73. The van der Waals surface area contributed by atoms with Crippen LogP contribution in [0.15, 0.2) is 6.20 Å². The first kappa shape index (κ1) is 14.1. The monoisotopic (exact) mass is 257 g/mol. The molecular weight excluding hydrogens is 242 g/mol. The molecule has 9 heteroatoms. The summed E-state index contributed by atoms with van der Waals surface area (Å²) in [4.78, 5) is 21.7. The first-order valence-corrected chi connectivity index (χ1v) is 5.27.